The van der Waals surface area contributed by atoms with E-state index in [9.17, 15) is 9.59 Å². The summed E-state index contributed by atoms with van der Waals surface area (Å²) in [4.78, 5) is 30.6. The van der Waals surface area contributed by atoms with Gasteiger partial charge in [0.25, 0.3) is 11.8 Å². The molecule has 1 aromatic carbocycles. The minimum atomic E-state index is -0.0473. The van der Waals surface area contributed by atoms with Crippen molar-refractivity contribution in [3.8, 4) is 0 Å². The molecule has 2 aliphatic heterocycles. The SMILES string of the molecule is CN(C)C(=O)c1ccc(C(=O)N2CCC(N3CCNCC3)C2)cc1.Cl. The Morgan fingerprint density at radius 2 is 1.64 bits per heavy atom. The molecule has 0 bridgehead atoms. The van der Waals surface area contributed by atoms with E-state index in [1.807, 2.05) is 4.90 Å². The van der Waals surface area contributed by atoms with Crippen molar-refractivity contribution in [3.63, 3.8) is 0 Å². The van der Waals surface area contributed by atoms with Gasteiger partial charge in [-0.1, -0.05) is 0 Å². The second-order valence-corrected chi connectivity index (χ2v) is 6.76. The van der Waals surface area contributed by atoms with Gasteiger partial charge >= 0.3 is 0 Å². The zero-order valence-electron chi connectivity index (χ0n) is 14.9. The lowest BCUT2D eigenvalue weighted by Crippen LogP contribution is -2.49. The van der Waals surface area contributed by atoms with Gasteiger partial charge in [0, 0.05) is 70.5 Å². The molecule has 2 saturated heterocycles. The Bertz CT molecular complexity index is 600. The average molecular weight is 367 g/mol. The summed E-state index contributed by atoms with van der Waals surface area (Å²) in [5, 5.41) is 3.37. The summed E-state index contributed by atoms with van der Waals surface area (Å²) in [7, 11) is 3.45. The molecule has 1 atom stereocenters. The number of amides is 2. The molecule has 0 aromatic heterocycles. The topological polar surface area (TPSA) is 55.9 Å². The van der Waals surface area contributed by atoms with Gasteiger partial charge in [-0.2, -0.15) is 0 Å². The van der Waals surface area contributed by atoms with Crippen LogP contribution in [0.1, 0.15) is 27.1 Å². The molecule has 2 heterocycles. The monoisotopic (exact) mass is 366 g/mol. The first-order valence-corrected chi connectivity index (χ1v) is 8.62. The Hall–Kier alpha value is -1.63. The Morgan fingerprint density at radius 1 is 1.04 bits per heavy atom. The molecule has 0 spiro atoms. The van der Waals surface area contributed by atoms with Gasteiger partial charge in [0.2, 0.25) is 0 Å². The second-order valence-electron chi connectivity index (χ2n) is 6.76. The van der Waals surface area contributed by atoms with Crippen LogP contribution in [0, 0.1) is 0 Å². The number of piperazine rings is 1. The van der Waals surface area contributed by atoms with Crippen LogP contribution in [0.2, 0.25) is 0 Å². The molecular formula is C18H27ClN4O2. The first kappa shape index (κ1) is 19.7. The fourth-order valence-corrected chi connectivity index (χ4v) is 3.47. The molecule has 0 saturated carbocycles. The van der Waals surface area contributed by atoms with Crippen molar-refractivity contribution in [1.82, 2.24) is 20.0 Å². The van der Waals surface area contributed by atoms with E-state index in [0.717, 1.165) is 45.7 Å². The highest BCUT2D eigenvalue weighted by atomic mass is 35.5. The molecule has 0 radical (unpaired) electrons. The van der Waals surface area contributed by atoms with E-state index in [0.29, 0.717) is 17.2 Å². The van der Waals surface area contributed by atoms with Crippen LogP contribution in [0.25, 0.3) is 0 Å². The first-order valence-electron chi connectivity index (χ1n) is 8.62. The van der Waals surface area contributed by atoms with Crippen molar-refractivity contribution in [1.29, 1.82) is 0 Å². The molecule has 2 aliphatic rings. The Balaban J connectivity index is 0.00000225. The Kier molecular flexibility index (Phi) is 6.81. The van der Waals surface area contributed by atoms with Crippen LogP contribution in [0.4, 0.5) is 0 Å². The fraction of sp³-hybridized carbons (Fsp3) is 0.556. The predicted octanol–water partition coefficient (Wildman–Crippen LogP) is 0.930. The highest BCUT2D eigenvalue weighted by molar-refractivity contribution is 5.97. The van der Waals surface area contributed by atoms with E-state index in [1.165, 1.54) is 4.90 Å². The molecule has 138 valence electrons. The molecule has 1 unspecified atom stereocenters. The normalized spacial score (nSPS) is 20.9. The Morgan fingerprint density at radius 3 is 2.24 bits per heavy atom. The molecular weight excluding hydrogens is 340 g/mol. The van der Waals surface area contributed by atoms with Crippen LogP contribution in [0.15, 0.2) is 24.3 Å². The summed E-state index contributed by atoms with van der Waals surface area (Å²) in [5.74, 6) is 0.0189. The van der Waals surface area contributed by atoms with Crippen LogP contribution in [0.5, 0.6) is 0 Å². The van der Waals surface area contributed by atoms with Crippen LogP contribution < -0.4 is 5.32 Å². The zero-order valence-corrected chi connectivity index (χ0v) is 15.7. The molecule has 7 heteroatoms. The van der Waals surface area contributed by atoms with Gasteiger partial charge in [0.15, 0.2) is 0 Å². The molecule has 3 rings (SSSR count). The summed E-state index contributed by atoms with van der Waals surface area (Å²) >= 11 is 0. The van der Waals surface area contributed by atoms with Gasteiger partial charge in [0.1, 0.15) is 0 Å². The van der Waals surface area contributed by atoms with Gasteiger partial charge in [-0.25, -0.2) is 0 Å². The molecule has 6 nitrogen and oxygen atoms in total. The third-order valence-corrected chi connectivity index (χ3v) is 4.90. The number of rotatable bonds is 3. The van der Waals surface area contributed by atoms with Crippen molar-refractivity contribution in [2.75, 3.05) is 53.4 Å². The highest BCUT2D eigenvalue weighted by Gasteiger charge is 2.31. The van der Waals surface area contributed by atoms with Gasteiger partial charge in [-0.05, 0) is 30.7 Å². The van der Waals surface area contributed by atoms with E-state index in [1.54, 1.807) is 38.4 Å². The van der Waals surface area contributed by atoms with Gasteiger partial charge < -0.3 is 15.1 Å². The van der Waals surface area contributed by atoms with E-state index in [4.69, 9.17) is 0 Å². The smallest absolute Gasteiger partial charge is 0.253 e. The number of carbonyl (C=O) groups is 2. The summed E-state index contributed by atoms with van der Waals surface area (Å²) in [6, 6.07) is 7.47. The fourth-order valence-electron chi connectivity index (χ4n) is 3.47. The largest absolute Gasteiger partial charge is 0.345 e. The van der Waals surface area contributed by atoms with Crippen molar-refractivity contribution in [2.24, 2.45) is 0 Å². The summed E-state index contributed by atoms with van der Waals surface area (Å²) < 4.78 is 0. The van der Waals surface area contributed by atoms with Gasteiger partial charge in [-0.3, -0.25) is 14.5 Å². The lowest BCUT2D eigenvalue weighted by atomic mass is 10.1. The number of hydrogen-bond donors (Lipinski definition) is 1. The van der Waals surface area contributed by atoms with Crippen molar-refractivity contribution in [2.45, 2.75) is 12.5 Å². The lowest BCUT2D eigenvalue weighted by molar-refractivity contribution is 0.0771. The Labute approximate surface area is 155 Å². The zero-order chi connectivity index (χ0) is 17.1. The molecule has 0 aliphatic carbocycles. The minimum absolute atomic E-state index is 0. The van der Waals surface area contributed by atoms with Crippen molar-refractivity contribution < 1.29 is 9.59 Å². The average Bonchev–Trinajstić information content (AvgIpc) is 3.11. The van der Waals surface area contributed by atoms with E-state index in [2.05, 4.69) is 10.2 Å². The molecule has 1 aromatic rings. The molecule has 2 amide bonds. The highest BCUT2D eigenvalue weighted by Crippen LogP contribution is 2.19. The summed E-state index contributed by atoms with van der Waals surface area (Å²) in [6.45, 7) is 5.81. The van der Waals surface area contributed by atoms with Gasteiger partial charge in [-0.15, -0.1) is 12.4 Å². The van der Waals surface area contributed by atoms with Crippen LogP contribution >= 0.6 is 12.4 Å². The quantitative estimate of drug-likeness (QED) is 0.864. The third kappa shape index (κ3) is 4.51. The number of benzene rings is 1. The predicted molar refractivity (Wildman–Crippen MR) is 100 cm³/mol. The van der Waals surface area contributed by atoms with Crippen LogP contribution in [-0.2, 0) is 0 Å². The number of carbonyl (C=O) groups excluding carboxylic acids is 2. The maximum Gasteiger partial charge on any atom is 0.253 e. The number of likely N-dealkylation sites (tertiary alicyclic amines) is 1. The van der Waals surface area contributed by atoms with Crippen molar-refractivity contribution in [3.05, 3.63) is 35.4 Å². The number of nitrogens with one attached hydrogen (secondary N) is 1. The molecule has 2 fully saturated rings. The molecule has 1 N–H and O–H groups in total. The summed E-state index contributed by atoms with van der Waals surface area (Å²) in [6.07, 6.45) is 1.04. The minimum Gasteiger partial charge on any atom is -0.345 e. The number of halogens is 1. The maximum atomic E-state index is 12.7. The van der Waals surface area contributed by atoms with Gasteiger partial charge in [0.05, 0.1) is 0 Å². The number of nitrogens with zero attached hydrogens (tertiary/aromatic N) is 3. The van der Waals surface area contributed by atoms with Crippen molar-refractivity contribution >= 4 is 24.2 Å². The maximum absolute atomic E-state index is 12.7. The molecule has 25 heavy (non-hydrogen) atoms. The standard InChI is InChI=1S/C18H26N4O2.ClH/c1-20(2)17(23)14-3-5-15(6-4-14)18(24)22-10-7-16(13-22)21-11-8-19-9-12-21;/h3-6,16,19H,7-13H2,1-2H3;1H. The summed E-state index contributed by atoms with van der Waals surface area (Å²) in [5.41, 5.74) is 1.27. The van der Waals surface area contributed by atoms with E-state index < -0.39 is 0 Å². The van der Waals surface area contributed by atoms with Crippen LogP contribution in [0.3, 0.4) is 0 Å². The lowest BCUT2D eigenvalue weighted by Gasteiger charge is -2.32. The van der Waals surface area contributed by atoms with Crippen LogP contribution in [-0.4, -0.2) is 85.9 Å². The van der Waals surface area contributed by atoms with E-state index >= 15 is 0 Å². The van der Waals surface area contributed by atoms with E-state index in [-0.39, 0.29) is 24.2 Å². The first-order chi connectivity index (χ1) is 11.6. The number of hydrogen-bond acceptors (Lipinski definition) is 4. The third-order valence-electron chi connectivity index (χ3n) is 4.90. The second kappa shape index (κ2) is 8.65.